The second-order valence-corrected chi connectivity index (χ2v) is 7.90. The normalized spacial score (nSPS) is 18.4. The van der Waals surface area contributed by atoms with E-state index in [9.17, 15) is 23.1 Å². The SMILES string of the molecule is CCN(CC)S(=O)(=O)c1ccc(C(=O)N2CCCCC2C(=O)O)cc1. The summed E-state index contributed by atoms with van der Waals surface area (Å²) in [7, 11) is -3.58. The lowest BCUT2D eigenvalue weighted by Gasteiger charge is -2.33. The van der Waals surface area contributed by atoms with E-state index in [4.69, 9.17) is 0 Å². The molecular weight excluding hydrogens is 344 g/mol. The molecule has 1 aliphatic rings. The van der Waals surface area contributed by atoms with E-state index in [1.165, 1.54) is 33.5 Å². The van der Waals surface area contributed by atoms with Crippen molar-refractivity contribution in [3.63, 3.8) is 0 Å². The summed E-state index contributed by atoms with van der Waals surface area (Å²) >= 11 is 0. The lowest BCUT2D eigenvalue weighted by Crippen LogP contribution is -2.48. The Kier molecular flexibility index (Phi) is 6.18. The first kappa shape index (κ1) is 19.4. The number of carboxylic acids is 1. The molecule has 25 heavy (non-hydrogen) atoms. The molecule has 1 unspecified atom stereocenters. The van der Waals surface area contributed by atoms with Gasteiger partial charge in [0.1, 0.15) is 6.04 Å². The van der Waals surface area contributed by atoms with E-state index >= 15 is 0 Å². The van der Waals surface area contributed by atoms with Gasteiger partial charge in [-0.25, -0.2) is 13.2 Å². The second-order valence-electron chi connectivity index (χ2n) is 5.96. The molecule has 1 N–H and O–H groups in total. The number of carboxylic acid groups (broad SMARTS) is 1. The number of carbonyl (C=O) groups excluding carboxylic acids is 1. The van der Waals surface area contributed by atoms with E-state index in [1.54, 1.807) is 13.8 Å². The first-order valence-electron chi connectivity index (χ1n) is 8.46. The van der Waals surface area contributed by atoms with Gasteiger partial charge in [0.05, 0.1) is 4.90 Å². The third kappa shape index (κ3) is 4.01. The van der Waals surface area contributed by atoms with Gasteiger partial charge in [0.15, 0.2) is 0 Å². The number of piperidine rings is 1. The van der Waals surface area contributed by atoms with Crippen LogP contribution in [0.5, 0.6) is 0 Å². The zero-order valence-electron chi connectivity index (χ0n) is 14.5. The molecule has 0 saturated carbocycles. The minimum Gasteiger partial charge on any atom is -0.480 e. The van der Waals surface area contributed by atoms with E-state index in [0.29, 0.717) is 31.6 Å². The van der Waals surface area contributed by atoms with Crippen LogP contribution < -0.4 is 0 Å². The maximum atomic E-state index is 12.6. The Morgan fingerprint density at radius 1 is 1.16 bits per heavy atom. The zero-order chi connectivity index (χ0) is 18.6. The molecule has 0 bridgehead atoms. The molecular formula is C17H24N2O5S. The number of aliphatic carboxylic acids is 1. The lowest BCUT2D eigenvalue weighted by atomic mass is 10.0. The Morgan fingerprint density at radius 3 is 2.28 bits per heavy atom. The Morgan fingerprint density at radius 2 is 1.76 bits per heavy atom. The lowest BCUT2D eigenvalue weighted by molar-refractivity contribution is -0.143. The maximum absolute atomic E-state index is 12.6. The van der Waals surface area contributed by atoms with Crippen LogP contribution in [0.3, 0.4) is 0 Å². The highest BCUT2D eigenvalue weighted by Gasteiger charge is 2.32. The fourth-order valence-electron chi connectivity index (χ4n) is 3.08. The van der Waals surface area contributed by atoms with E-state index in [0.717, 1.165) is 12.8 Å². The summed E-state index contributed by atoms with van der Waals surface area (Å²) in [5.74, 6) is -1.38. The van der Waals surface area contributed by atoms with E-state index in [2.05, 4.69) is 0 Å². The average molecular weight is 368 g/mol. The molecule has 8 heteroatoms. The number of likely N-dealkylation sites (tertiary alicyclic amines) is 1. The van der Waals surface area contributed by atoms with Gasteiger partial charge in [-0.1, -0.05) is 13.8 Å². The zero-order valence-corrected chi connectivity index (χ0v) is 15.3. The number of carbonyl (C=O) groups is 2. The van der Waals surface area contributed by atoms with Crippen LogP contribution in [0.1, 0.15) is 43.5 Å². The highest BCUT2D eigenvalue weighted by molar-refractivity contribution is 7.89. The summed E-state index contributed by atoms with van der Waals surface area (Å²) in [5, 5.41) is 9.29. The quantitative estimate of drug-likeness (QED) is 0.826. The minimum absolute atomic E-state index is 0.126. The van der Waals surface area contributed by atoms with Gasteiger partial charge in [-0.3, -0.25) is 4.79 Å². The number of benzene rings is 1. The molecule has 1 amide bonds. The van der Waals surface area contributed by atoms with E-state index < -0.39 is 22.0 Å². The summed E-state index contributed by atoms with van der Waals surface area (Å²) in [4.78, 5) is 25.5. The van der Waals surface area contributed by atoms with Crippen LogP contribution in [0, 0.1) is 0 Å². The van der Waals surface area contributed by atoms with Gasteiger partial charge < -0.3 is 10.0 Å². The standard InChI is InChI=1S/C17H24N2O5S/c1-3-18(4-2)25(23,24)14-10-8-13(9-11-14)16(20)19-12-6-5-7-15(19)17(21)22/h8-11,15H,3-7,12H2,1-2H3,(H,21,22). The van der Waals surface area contributed by atoms with Crippen LogP contribution in [0.4, 0.5) is 0 Å². The van der Waals surface area contributed by atoms with Crippen molar-refractivity contribution in [3.05, 3.63) is 29.8 Å². The molecule has 0 radical (unpaired) electrons. The summed E-state index contributed by atoms with van der Waals surface area (Å²) in [6.07, 6.45) is 1.99. The van der Waals surface area contributed by atoms with Crippen molar-refractivity contribution >= 4 is 21.9 Å². The van der Waals surface area contributed by atoms with Crippen molar-refractivity contribution in [2.24, 2.45) is 0 Å². The molecule has 0 aliphatic carbocycles. The number of hydrogen-bond donors (Lipinski definition) is 1. The van der Waals surface area contributed by atoms with Crippen molar-refractivity contribution in [2.45, 2.75) is 44.0 Å². The van der Waals surface area contributed by atoms with Crippen LogP contribution in [-0.4, -0.2) is 60.3 Å². The van der Waals surface area contributed by atoms with Gasteiger partial charge in [-0.15, -0.1) is 0 Å². The molecule has 1 atom stereocenters. The molecule has 1 fully saturated rings. The molecule has 138 valence electrons. The van der Waals surface area contributed by atoms with Crippen molar-refractivity contribution in [3.8, 4) is 0 Å². The smallest absolute Gasteiger partial charge is 0.326 e. The van der Waals surface area contributed by atoms with Gasteiger partial charge in [0.25, 0.3) is 5.91 Å². The van der Waals surface area contributed by atoms with Crippen LogP contribution in [0.15, 0.2) is 29.2 Å². The Bertz CT molecular complexity index is 726. The minimum atomic E-state index is -3.58. The number of amides is 1. The molecule has 1 aromatic carbocycles. The molecule has 2 rings (SSSR count). The van der Waals surface area contributed by atoms with Crippen molar-refractivity contribution < 1.29 is 23.1 Å². The maximum Gasteiger partial charge on any atom is 0.326 e. The van der Waals surface area contributed by atoms with Crippen molar-refractivity contribution in [1.82, 2.24) is 9.21 Å². The summed E-state index contributed by atoms with van der Waals surface area (Å²) in [6.45, 7) is 4.67. The molecule has 1 heterocycles. The van der Waals surface area contributed by atoms with Crippen LogP contribution in [0.2, 0.25) is 0 Å². The predicted molar refractivity (Wildman–Crippen MR) is 92.9 cm³/mol. The first-order chi connectivity index (χ1) is 11.8. The number of hydrogen-bond acceptors (Lipinski definition) is 4. The number of rotatable bonds is 6. The third-order valence-electron chi connectivity index (χ3n) is 4.49. The van der Waals surface area contributed by atoms with Crippen LogP contribution in [0.25, 0.3) is 0 Å². The van der Waals surface area contributed by atoms with Crippen LogP contribution >= 0.6 is 0 Å². The highest BCUT2D eigenvalue weighted by Crippen LogP contribution is 2.22. The second kappa shape index (κ2) is 7.97. The fraction of sp³-hybridized carbons (Fsp3) is 0.529. The summed E-state index contributed by atoms with van der Waals surface area (Å²) < 4.78 is 26.3. The van der Waals surface area contributed by atoms with Gasteiger partial charge in [-0.2, -0.15) is 4.31 Å². The largest absolute Gasteiger partial charge is 0.480 e. The molecule has 7 nitrogen and oxygen atoms in total. The van der Waals surface area contributed by atoms with Crippen molar-refractivity contribution in [2.75, 3.05) is 19.6 Å². The summed E-state index contributed by atoms with van der Waals surface area (Å²) in [5.41, 5.74) is 0.298. The molecule has 0 spiro atoms. The average Bonchev–Trinajstić information content (AvgIpc) is 2.62. The predicted octanol–water partition coefficient (Wildman–Crippen LogP) is 1.80. The van der Waals surface area contributed by atoms with Gasteiger partial charge in [0.2, 0.25) is 10.0 Å². The van der Waals surface area contributed by atoms with Crippen molar-refractivity contribution in [1.29, 1.82) is 0 Å². The van der Waals surface area contributed by atoms with E-state index in [1.807, 2.05) is 0 Å². The van der Waals surface area contributed by atoms with Gasteiger partial charge in [-0.05, 0) is 43.5 Å². The monoisotopic (exact) mass is 368 g/mol. The first-order valence-corrected chi connectivity index (χ1v) is 9.90. The Labute approximate surface area is 148 Å². The van der Waals surface area contributed by atoms with Gasteiger partial charge in [0, 0.05) is 25.2 Å². The highest BCUT2D eigenvalue weighted by atomic mass is 32.2. The number of nitrogens with zero attached hydrogens (tertiary/aromatic N) is 2. The fourth-order valence-corrected chi connectivity index (χ4v) is 4.54. The van der Waals surface area contributed by atoms with E-state index in [-0.39, 0.29) is 10.8 Å². The Hall–Kier alpha value is -1.93. The summed E-state index contributed by atoms with van der Waals surface area (Å²) in [6, 6.07) is 4.89. The molecule has 1 saturated heterocycles. The molecule has 0 aromatic heterocycles. The number of sulfonamides is 1. The van der Waals surface area contributed by atoms with Crippen LogP contribution in [-0.2, 0) is 14.8 Å². The molecule has 1 aliphatic heterocycles. The molecule has 1 aromatic rings. The Balaban J connectivity index is 2.24. The third-order valence-corrected chi connectivity index (χ3v) is 6.56. The van der Waals surface area contributed by atoms with Gasteiger partial charge >= 0.3 is 5.97 Å². The topological polar surface area (TPSA) is 95.0 Å².